The van der Waals surface area contributed by atoms with E-state index in [9.17, 15) is 9.59 Å². The number of hydrogen-bond donors (Lipinski definition) is 1. The Morgan fingerprint density at radius 3 is 2.26 bits per heavy atom. The molecule has 5 nitrogen and oxygen atoms in total. The molecular formula is C22H28N2O3. The van der Waals surface area contributed by atoms with Crippen LogP contribution in [0.4, 0.5) is 5.69 Å². The molecule has 1 N–H and O–H groups in total. The van der Waals surface area contributed by atoms with Crippen molar-refractivity contribution < 1.29 is 14.3 Å². The fourth-order valence-corrected chi connectivity index (χ4v) is 2.77. The summed E-state index contributed by atoms with van der Waals surface area (Å²) in [6.45, 7) is 7.67. The lowest BCUT2D eigenvalue weighted by Gasteiger charge is -2.23. The van der Waals surface area contributed by atoms with Gasteiger partial charge in [-0.25, -0.2) is 0 Å². The Morgan fingerprint density at radius 2 is 1.67 bits per heavy atom. The summed E-state index contributed by atoms with van der Waals surface area (Å²) in [5.41, 5.74) is 2.90. The van der Waals surface area contributed by atoms with Crippen molar-refractivity contribution in [3.8, 4) is 5.75 Å². The largest absolute Gasteiger partial charge is 0.480 e. The first kappa shape index (κ1) is 20.5. The zero-order valence-corrected chi connectivity index (χ0v) is 16.9. The number of carbonyl (C=O) groups is 2. The summed E-state index contributed by atoms with van der Waals surface area (Å²) < 4.78 is 6.01. The molecule has 2 rings (SSSR count). The first-order valence-electron chi connectivity index (χ1n) is 9.06. The average molecular weight is 368 g/mol. The third-order valence-corrected chi connectivity index (χ3v) is 4.44. The molecule has 0 aromatic heterocycles. The summed E-state index contributed by atoms with van der Waals surface area (Å²) in [6, 6.07) is 13.0. The summed E-state index contributed by atoms with van der Waals surface area (Å²) in [5.74, 6) is 0.349. The number of nitrogens with one attached hydrogen (secondary N) is 1. The molecule has 0 aliphatic heterocycles. The molecule has 0 heterocycles. The van der Waals surface area contributed by atoms with Crippen LogP contribution in [0.3, 0.4) is 0 Å². The normalized spacial score (nSPS) is 11.8. The van der Waals surface area contributed by atoms with Crippen molar-refractivity contribution in [2.45, 2.75) is 33.8 Å². The highest BCUT2D eigenvalue weighted by molar-refractivity contribution is 6.00. The average Bonchev–Trinajstić information content (AvgIpc) is 2.61. The predicted octanol–water partition coefficient (Wildman–Crippen LogP) is 4.05. The van der Waals surface area contributed by atoms with E-state index in [0.29, 0.717) is 17.0 Å². The number of anilines is 1. The molecule has 1 atom stereocenters. The zero-order chi connectivity index (χ0) is 20.1. The topological polar surface area (TPSA) is 58.6 Å². The van der Waals surface area contributed by atoms with Gasteiger partial charge in [0.1, 0.15) is 5.75 Å². The van der Waals surface area contributed by atoms with E-state index in [-0.39, 0.29) is 17.7 Å². The third-order valence-electron chi connectivity index (χ3n) is 4.44. The van der Waals surface area contributed by atoms with Crippen LogP contribution >= 0.6 is 0 Å². The Labute approximate surface area is 161 Å². The number of para-hydroxylation sites is 1. The van der Waals surface area contributed by atoms with Gasteiger partial charge in [0.15, 0.2) is 6.10 Å². The number of amides is 2. The Morgan fingerprint density at radius 1 is 1.00 bits per heavy atom. The molecule has 2 amide bonds. The molecule has 1 unspecified atom stereocenters. The molecule has 0 aliphatic rings. The van der Waals surface area contributed by atoms with Crippen LogP contribution in [-0.4, -0.2) is 36.9 Å². The molecule has 2 aromatic rings. The first-order chi connectivity index (χ1) is 12.7. The quantitative estimate of drug-likeness (QED) is 0.837. The molecule has 0 bridgehead atoms. The van der Waals surface area contributed by atoms with E-state index in [1.807, 2.05) is 52.0 Å². The van der Waals surface area contributed by atoms with Crippen LogP contribution in [0, 0.1) is 19.8 Å². The lowest BCUT2D eigenvalue weighted by molar-refractivity contribution is -0.124. The monoisotopic (exact) mass is 368 g/mol. The number of nitrogens with zero attached hydrogens (tertiary/aromatic N) is 1. The highest BCUT2D eigenvalue weighted by atomic mass is 16.5. The number of hydrogen-bond acceptors (Lipinski definition) is 3. The van der Waals surface area contributed by atoms with Gasteiger partial charge in [0.25, 0.3) is 11.8 Å². The van der Waals surface area contributed by atoms with Crippen molar-refractivity contribution in [3.63, 3.8) is 0 Å². The van der Waals surface area contributed by atoms with Gasteiger partial charge >= 0.3 is 0 Å². The minimum absolute atomic E-state index is 0.0171. The highest BCUT2D eigenvalue weighted by Crippen LogP contribution is 2.24. The van der Waals surface area contributed by atoms with Crippen molar-refractivity contribution >= 4 is 17.5 Å². The van der Waals surface area contributed by atoms with Crippen LogP contribution < -0.4 is 10.1 Å². The van der Waals surface area contributed by atoms with Gasteiger partial charge in [-0.2, -0.15) is 0 Å². The van der Waals surface area contributed by atoms with Crippen molar-refractivity contribution in [2.24, 2.45) is 5.92 Å². The van der Waals surface area contributed by atoms with Crippen molar-refractivity contribution in [1.82, 2.24) is 4.90 Å². The molecule has 0 aliphatic carbocycles. The van der Waals surface area contributed by atoms with E-state index in [1.54, 1.807) is 32.3 Å². The van der Waals surface area contributed by atoms with E-state index >= 15 is 0 Å². The second-order valence-corrected chi connectivity index (χ2v) is 7.21. The summed E-state index contributed by atoms with van der Waals surface area (Å²) in [5, 5.41) is 2.93. The van der Waals surface area contributed by atoms with Crippen LogP contribution in [-0.2, 0) is 4.79 Å². The van der Waals surface area contributed by atoms with Gasteiger partial charge in [-0.05, 0) is 49.1 Å². The van der Waals surface area contributed by atoms with Gasteiger partial charge in [-0.15, -0.1) is 0 Å². The summed E-state index contributed by atoms with van der Waals surface area (Å²) in [7, 11) is 3.41. The van der Waals surface area contributed by atoms with Crippen molar-refractivity contribution in [3.05, 3.63) is 59.2 Å². The van der Waals surface area contributed by atoms with Crippen LogP contribution in [0.1, 0.15) is 35.3 Å². The number of benzene rings is 2. The van der Waals surface area contributed by atoms with E-state index in [2.05, 4.69) is 5.32 Å². The molecule has 0 saturated carbocycles. The fourth-order valence-electron chi connectivity index (χ4n) is 2.77. The van der Waals surface area contributed by atoms with E-state index < -0.39 is 6.10 Å². The lowest BCUT2D eigenvalue weighted by atomic mass is 10.0. The fraction of sp³-hybridized carbons (Fsp3) is 0.364. The molecule has 27 heavy (non-hydrogen) atoms. The zero-order valence-electron chi connectivity index (χ0n) is 16.9. The van der Waals surface area contributed by atoms with Crippen LogP contribution in [0.15, 0.2) is 42.5 Å². The maximum Gasteiger partial charge on any atom is 0.265 e. The van der Waals surface area contributed by atoms with Gasteiger partial charge in [0, 0.05) is 25.3 Å². The Hall–Kier alpha value is -2.82. The van der Waals surface area contributed by atoms with Crippen LogP contribution in [0.5, 0.6) is 5.75 Å². The van der Waals surface area contributed by atoms with E-state index in [1.165, 1.54) is 4.90 Å². The van der Waals surface area contributed by atoms with Crippen molar-refractivity contribution in [2.75, 3.05) is 19.4 Å². The molecule has 5 heteroatoms. The summed E-state index contributed by atoms with van der Waals surface area (Å²) >= 11 is 0. The second kappa shape index (κ2) is 8.71. The van der Waals surface area contributed by atoms with Crippen molar-refractivity contribution in [1.29, 1.82) is 0 Å². The molecular weight excluding hydrogens is 340 g/mol. The van der Waals surface area contributed by atoms with Gasteiger partial charge < -0.3 is 15.0 Å². The molecule has 0 fully saturated rings. The lowest BCUT2D eigenvalue weighted by Crippen LogP contribution is -2.37. The maximum atomic E-state index is 12.9. The summed E-state index contributed by atoms with van der Waals surface area (Å²) in [4.78, 5) is 26.7. The predicted molar refractivity (Wildman–Crippen MR) is 108 cm³/mol. The number of ether oxygens (including phenoxy) is 1. The number of rotatable bonds is 6. The molecule has 0 radical (unpaired) electrons. The van der Waals surface area contributed by atoms with Gasteiger partial charge in [0.2, 0.25) is 0 Å². The van der Waals surface area contributed by atoms with Crippen LogP contribution in [0.25, 0.3) is 0 Å². The highest BCUT2D eigenvalue weighted by Gasteiger charge is 2.26. The summed E-state index contributed by atoms with van der Waals surface area (Å²) in [6.07, 6.45) is -0.640. The molecule has 0 saturated heterocycles. The first-order valence-corrected chi connectivity index (χ1v) is 9.06. The smallest absolute Gasteiger partial charge is 0.265 e. The number of aryl methyl sites for hydroxylation is 1. The molecule has 2 aromatic carbocycles. The van der Waals surface area contributed by atoms with E-state index in [0.717, 1.165) is 11.1 Å². The third kappa shape index (κ3) is 4.88. The SMILES string of the molecule is Cc1ccccc1OC(C(=O)Nc1cccc(C(=O)N(C)C)c1C)C(C)C. The maximum absolute atomic E-state index is 12.9. The Balaban J connectivity index is 2.25. The van der Waals surface area contributed by atoms with E-state index in [4.69, 9.17) is 4.74 Å². The Kier molecular flexibility index (Phi) is 6.61. The Bertz CT molecular complexity index is 828. The van der Waals surface area contributed by atoms with Gasteiger partial charge in [-0.1, -0.05) is 38.1 Å². The van der Waals surface area contributed by atoms with Crippen LogP contribution in [0.2, 0.25) is 0 Å². The van der Waals surface area contributed by atoms with Gasteiger partial charge in [-0.3, -0.25) is 9.59 Å². The minimum atomic E-state index is -0.640. The minimum Gasteiger partial charge on any atom is -0.480 e. The molecule has 144 valence electrons. The second-order valence-electron chi connectivity index (χ2n) is 7.21. The number of carbonyl (C=O) groups excluding carboxylic acids is 2. The molecule has 0 spiro atoms. The standard InChI is InChI=1S/C22H28N2O3/c1-14(2)20(27-19-13-8-7-10-15(19)3)21(25)23-18-12-9-11-17(16(18)4)22(26)24(5)6/h7-14,20H,1-6H3,(H,23,25). The van der Waals surface area contributed by atoms with Gasteiger partial charge in [0.05, 0.1) is 0 Å².